The number of nitrogens with zero attached hydrogens (tertiary/aromatic N) is 4. The first-order valence-electron chi connectivity index (χ1n) is 8.13. The minimum atomic E-state index is -2.97. The molecule has 1 aliphatic rings. The lowest BCUT2D eigenvalue weighted by Gasteiger charge is -2.17. The van der Waals surface area contributed by atoms with Crippen molar-refractivity contribution in [3.8, 4) is 0 Å². The lowest BCUT2D eigenvalue weighted by atomic mass is 10.1. The second-order valence-corrected chi connectivity index (χ2v) is 10.0. The van der Waals surface area contributed by atoms with Gasteiger partial charge in [-0.1, -0.05) is 35.3 Å². The summed E-state index contributed by atoms with van der Waals surface area (Å²) < 4.78 is 27.6. The van der Waals surface area contributed by atoms with Crippen LogP contribution in [0, 0.1) is 4.77 Å². The van der Waals surface area contributed by atoms with Crippen molar-refractivity contribution >= 4 is 45.3 Å². The van der Waals surface area contributed by atoms with Crippen LogP contribution < -0.4 is 0 Å². The highest BCUT2D eigenvalue weighted by Crippen LogP contribution is 2.28. The van der Waals surface area contributed by atoms with Crippen LogP contribution in [-0.2, 0) is 30.1 Å². The zero-order chi connectivity index (χ0) is 19.1. The Morgan fingerprint density at radius 1 is 1.38 bits per heavy atom. The van der Waals surface area contributed by atoms with E-state index >= 15 is 0 Å². The van der Waals surface area contributed by atoms with Gasteiger partial charge in [0.05, 0.1) is 28.2 Å². The molecule has 1 saturated heterocycles. The van der Waals surface area contributed by atoms with E-state index in [0.29, 0.717) is 34.5 Å². The minimum absolute atomic E-state index is 0.0966. The third kappa shape index (κ3) is 4.14. The fraction of sp³-hybridized carbons (Fsp3) is 0.500. The van der Waals surface area contributed by atoms with Gasteiger partial charge >= 0.3 is 0 Å². The predicted octanol–water partition coefficient (Wildman–Crippen LogP) is 3.25. The summed E-state index contributed by atoms with van der Waals surface area (Å²) in [7, 11) is 0.800. The number of aromatic nitrogens is 3. The van der Waals surface area contributed by atoms with E-state index in [4.69, 9.17) is 35.4 Å². The molecule has 1 aliphatic heterocycles. The molecule has 1 aromatic heterocycles. The minimum Gasteiger partial charge on any atom is -0.307 e. The molecule has 0 N–H and O–H groups in total. The molecule has 2 heterocycles. The van der Waals surface area contributed by atoms with Crippen LogP contribution >= 0.6 is 35.4 Å². The van der Waals surface area contributed by atoms with Gasteiger partial charge in [0.15, 0.2) is 14.6 Å². The highest BCUT2D eigenvalue weighted by molar-refractivity contribution is 7.91. The van der Waals surface area contributed by atoms with Crippen molar-refractivity contribution in [2.45, 2.75) is 25.6 Å². The molecule has 0 bridgehead atoms. The topological polar surface area (TPSA) is 60.1 Å². The van der Waals surface area contributed by atoms with E-state index in [1.165, 1.54) is 0 Å². The normalized spacial score (nSPS) is 19.3. The summed E-state index contributed by atoms with van der Waals surface area (Å²) in [6.07, 6.45) is 0.593. The van der Waals surface area contributed by atoms with Gasteiger partial charge in [-0.25, -0.2) is 13.1 Å². The van der Waals surface area contributed by atoms with Crippen LogP contribution in [0.25, 0.3) is 0 Å². The molecule has 0 amide bonds. The average Bonchev–Trinajstić information content (AvgIpc) is 3.06. The molecule has 3 rings (SSSR count). The quantitative estimate of drug-likeness (QED) is 0.675. The van der Waals surface area contributed by atoms with Gasteiger partial charge in [-0.3, -0.25) is 4.90 Å². The second kappa shape index (κ2) is 7.59. The van der Waals surface area contributed by atoms with E-state index in [-0.39, 0.29) is 17.4 Å². The van der Waals surface area contributed by atoms with Crippen LogP contribution in [0.5, 0.6) is 0 Å². The Bertz CT molecular complexity index is 985. The largest absolute Gasteiger partial charge is 0.307 e. The molecule has 6 nitrogen and oxygen atoms in total. The molecule has 142 valence electrons. The zero-order valence-corrected chi connectivity index (χ0v) is 17.7. The molecule has 1 fully saturated rings. The van der Waals surface area contributed by atoms with Crippen LogP contribution in [0.4, 0.5) is 0 Å². The fourth-order valence-electron chi connectivity index (χ4n) is 3.19. The number of halogens is 2. The highest BCUT2D eigenvalue weighted by Gasteiger charge is 2.32. The van der Waals surface area contributed by atoms with Crippen molar-refractivity contribution in [1.29, 1.82) is 0 Å². The van der Waals surface area contributed by atoms with E-state index in [9.17, 15) is 8.42 Å². The predicted molar refractivity (Wildman–Crippen MR) is 106 cm³/mol. The maximum atomic E-state index is 11.8. The van der Waals surface area contributed by atoms with Crippen LogP contribution in [0.3, 0.4) is 0 Å². The van der Waals surface area contributed by atoms with Gasteiger partial charge in [0, 0.05) is 19.5 Å². The number of benzene rings is 1. The first-order valence-corrected chi connectivity index (χ1v) is 11.1. The van der Waals surface area contributed by atoms with Gasteiger partial charge in [-0.05, 0) is 37.3 Å². The summed E-state index contributed by atoms with van der Waals surface area (Å²) in [4.78, 5) is 2.02. The number of hydrogen-bond acceptors (Lipinski definition) is 5. The van der Waals surface area contributed by atoms with Crippen LogP contribution in [0.2, 0.25) is 10.0 Å². The molecule has 0 saturated carbocycles. The van der Waals surface area contributed by atoms with Crippen LogP contribution in [0.1, 0.15) is 23.7 Å². The smallest absolute Gasteiger partial charge is 0.198 e. The third-order valence-corrected chi connectivity index (χ3v) is 7.63. The molecule has 10 heteroatoms. The van der Waals surface area contributed by atoms with E-state index in [1.54, 1.807) is 15.3 Å². The van der Waals surface area contributed by atoms with E-state index in [0.717, 1.165) is 11.4 Å². The Morgan fingerprint density at radius 3 is 2.77 bits per heavy atom. The Kier molecular flexibility index (Phi) is 5.79. The van der Waals surface area contributed by atoms with Crippen molar-refractivity contribution in [3.63, 3.8) is 0 Å². The molecule has 26 heavy (non-hydrogen) atoms. The molecule has 2 aromatic rings. The summed E-state index contributed by atoms with van der Waals surface area (Å²) in [6, 6.07) is 5.55. The Balaban J connectivity index is 1.77. The van der Waals surface area contributed by atoms with Crippen LogP contribution in [-0.4, -0.2) is 46.2 Å². The Morgan fingerprint density at radius 2 is 2.12 bits per heavy atom. The maximum Gasteiger partial charge on any atom is 0.198 e. The van der Waals surface area contributed by atoms with Gasteiger partial charge in [0.2, 0.25) is 0 Å². The molecule has 0 radical (unpaired) electrons. The molecule has 0 aliphatic carbocycles. The van der Waals surface area contributed by atoms with Gasteiger partial charge in [0.1, 0.15) is 5.82 Å². The Labute approximate surface area is 168 Å². The molecular formula is C16H20Cl2N4O2S2. The van der Waals surface area contributed by atoms with E-state index in [1.807, 2.05) is 31.1 Å². The summed E-state index contributed by atoms with van der Waals surface area (Å²) in [6.45, 7) is 1.06. The van der Waals surface area contributed by atoms with E-state index < -0.39 is 9.84 Å². The third-order valence-electron chi connectivity index (χ3n) is 4.52. The van der Waals surface area contributed by atoms with E-state index in [2.05, 4.69) is 5.10 Å². The number of rotatable bonds is 5. The average molecular weight is 435 g/mol. The van der Waals surface area contributed by atoms with Crippen LogP contribution in [0.15, 0.2) is 18.2 Å². The van der Waals surface area contributed by atoms with Gasteiger partial charge < -0.3 is 4.57 Å². The Hall–Kier alpha value is -0.930. The lowest BCUT2D eigenvalue weighted by molar-refractivity contribution is 0.243. The summed E-state index contributed by atoms with van der Waals surface area (Å²) >= 11 is 17.8. The summed E-state index contributed by atoms with van der Waals surface area (Å²) in [5, 5.41) is 5.66. The van der Waals surface area contributed by atoms with Gasteiger partial charge in [-0.15, -0.1) is 0 Å². The first kappa shape index (κ1) is 19.8. The summed E-state index contributed by atoms with van der Waals surface area (Å²) in [5.41, 5.74) is 0.922. The number of sulfone groups is 1. The standard InChI is InChI=1S/C16H20Cl2N4O2S2/c1-20(8-11-4-3-5-13(17)14(11)18)10-22-16(25)21(2)15(19-22)12-6-7-26(23,24)9-12/h3-5,12H,6-10H2,1-2H3. The molecule has 1 atom stereocenters. The molecule has 1 unspecified atom stereocenters. The maximum absolute atomic E-state index is 11.8. The van der Waals surface area contributed by atoms with Gasteiger partial charge in [0.25, 0.3) is 0 Å². The monoisotopic (exact) mass is 434 g/mol. The van der Waals surface area contributed by atoms with Crippen molar-refractivity contribution in [2.75, 3.05) is 18.6 Å². The number of hydrogen-bond donors (Lipinski definition) is 0. The fourth-order valence-corrected chi connectivity index (χ4v) is 5.50. The first-order chi connectivity index (χ1) is 12.2. The van der Waals surface area contributed by atoms with Crippen molar-refractivity contribution in [3.05, 3.63) is 44.4 Å². The zero-order valence-electron chi connectivity index (χ0n) is 14.5. The van der Waals surface area contributed by atoms with Crippen molar-refractivity contribution < 1.29 is 8.42 Å². The highest BCUT2D eigenvalue weighted by atomic mass is 35.5. The second-order valence-electron chi connectivity index (χ2n) is 6.67. The SMILES string of the molecule is CN(Cc1cccc(Cl)c1Cl)Cn1nc(C2CCS(=O)(=O)C2)n(C)c1=S. The molecule has 0 spiro atoms. The van der Waals surface area contributed by atoms with Crippen molar-refractivity contribution in [1.82, 2.24) is 19.2 Å². The molecular weight excluding hydrogens is 415 g/mol. The van der Waals surface area contributed by atoms with Gasteiger partial charge in [-0.2, -0.15) is 5.10 Å². The summed E-state index contributed by atoms with van der Waals surface area (Å²) in [5.74, 6) is 0.983. The lowest BCUT2D eigenvalue weighted by Crippen LogP contribution is -2.23. The molecule has 1 aromatic carbocycles. The van der Waals surface area contributed by atoms with Crippen molar-refractivity contribution in [2.24, 2.45) is 7.05 Å².